The van der Waals surface area contributed by atoms with Crippen LogP contribution in [0.3, 0.4) is 0 Å². The highest BCUT2D eigenvalue weighted by atomic mass is 16.1. The zero-order valence-corrected chi connectivity index (χ0v) is 8.55. The molecule has 0 amide bonds. The fourth-order valence-corrected chi connectivity index (χ4v) is 1.54. The third kappa shape index (κ3) is 2.31. The minimum Gasteiger partial charge on any atom is -0.349 e. The molecule has 0 aliphatic rings. The second-order valence-electron chi connectivity index (χ2n) is 3.61. The zero-order valence-electron chi connectivity index (χ0n) is 8.55. The summed E-state index contributed by atoms with van der Waals surface area (Å²) in [6, 6.07) is 3.89. The molecule has 0 fully saturated rings. The molecule has 0 saturated heterocycles. The van der Waals surface area contributed by atoms with Crippen LogP contribution in [0.15, 0.2) is 36.9 Å². The smallest absolute Gasteiger partial charge is 0.151 e. The Hall–Kier alpha value is -1.90. The summed E-state index contributed by atoms with van der Waals surface area (Å²) < 4.78 is 1.97. The summed E-state index contributed by atoms with van der Waals surface area (Å²) in [6.07, 6.45) is 8.25. The lowest BCUT2D eigenvalue weighted by Crippen LogP contribution is -1.97. The molecule has 2 rings (SSSR count). The average Bonchev–Trinajstić information content (AvgIpc) is 2.65. The first kappa shape index (κ1) is 9.65. The molecule has 0 bridgehead atoms. The van der Waals surface area contributed by atoms with Crippen LogP contribution in [0, 0.1) is 6.92 Å². The number of carbonyl (C=O) groups excluding carboxylic acids is 1. The summed E-state index contributed by atoms with van der Waals surface area (Å²) in [4.78, 5) is 14.6. The van der Waals surface area contributed by atoms with Crippen LogP contribution in [0.25, 0.3) is 0 Å². The van der Waals surface area contributed by atoms with Gasteiger partial charge in [-0.05, 0) is 24.1 Å². The van der Waals surface area contributed by atoms with Crippen molar-refractivity contribution in [3.63, 3.8) is 0 Å². The van der Waals surface area contributed by atoms with E-state index in [1.54, 1.807) is 6.07 Å². The van der Waals surface area contributed by atoms with Gasteiger partial charge in [0.1, 0.15) is 0 Å². The molecule has 2 aromatic heterocycles. The van der Waals surface area contributed by atoms with Crippen molar-refractivity contribution >= 4 is 6.29 Å². The molecule has 2 heterocycles. The molecule has 3 heteroatoms. The van der Waals surface area contributed by atoms with Gasteiger partial charge < -0.3 is 4.57 Å². The molecule has 0 aromatic carbocycles. The van der Waals surface area contributed by atoms with E-state index >= 15 is 0 Å². The van der Waals surface area contributed by atoms with E-state index in [1.807, 2.05) is 36.3 Å². The molecule has 0 aliphatic carbocycles. The van der Waals surface area contributed by atoms with Gasteiger partial charge in [0.15, 0.2) is 6.29 Å². The number of hydrogen-bond acceptors (Lipinski definition) is 2. The van der Waals surface area contributed by atoms with Crippen molar-refractivity contribution < 1.29 is 4.79 Å². The SMILES string of the molecule is Cc1cncc(Cn2ccc(C=O)c2)c1. The molecule has 0 N–H and O–H groups in total. The van der Waals surface area contributed by atoms with Gasteiger partial charge in [0, 0.05) is 36.9 Å². The standard InChI is InChI=1S/C12H12N2O/c1-10-4-12(6-13-5-10)8-14-3-2-11(7-14)9-15/h2-7,9H,8H2,1H3. The Morgan fingerprint density at radius 3 is 3.00 bits per heavy atom. The number of rotatable bonds is 3. The van der Waals surface area contributed by atoms with Gasteiger partial charge in [-0.1, -0.05) is 6.07 Å². The summed E-state index contributed by atoms with van der Waals surface area (Å²) in [5.74, 6) is 0. The Morgan fingerprint density at radius 2 is 2.33 bits per heavy atom. The predicted molar refractivity (Wildman–Crippen MR) is 57.9 cm³/mol. The van der Waals surface area contributed by atoms with E-state index in [0.29, 0.717) is 5.56 Å². The molecule has 76 valence electrons. The van der Waals surface area contributed by atoms with Gasteiger partial charge in [0.25, 0.3) is 0 Å². The van der Waals surface area contributed by atoms with E-state index in [-0.39, 0.29) is 0 Å². The molecule has 3 nitrogen and oxygen atoms in total. The Bertz CT molecular complexity index is 474. The van der Waals surface area contributed by atoms with E-state index in [1.165, 1.54) is 0 Å². The largest absolute Gasteiger partial charge is 0.349 e. The first-order valence-electron chi connectivity index (χ1n) is 4.79. The van der Waals surface area contributed by atoms with E-state index < -0.39 is 0 Å². The third-order valence-electron chi connectivity index (χ3n) is 2.21. The minimum absolute atomic E-state index is 0.704. The van der Waals surface area contributed by atoms with E-state index in [0.717, 1.165) is 24.0 Å². The van der Waals surface area contributed by atoms with Crippen molar-refractivity contribution in [2.75, 3.05) is 0 Å². The first-order valence-corrected chi connectivity index (χ1v) is 4.79. The van der Waals surface area contributed by atoms with Crippen molar-refractivity contribution in [2.24, 2.45) is 0 Å². The molecular formula is C12H12N2O. The summed E-state index contributed by atoms with van der Waals surface area (Å²) in [5.41, 5.74) is 2.99. The van der Waals surface area contributed by atoms with Gasteiger partial charge in [-0.3, -0.25) is 9.78 Å². The molecule has 0 spiro atoms. The Labute approximate surface area is 88.4 Å². The maximum Gasteiger partial charge on any atom is 0.151 e. The summed E-state index contributed by atoms with van der Waals surface area (Å²) in [7, 11) is 0. The Balaban J connectivity index is 2.18. The van der Waals surface area contributed by atoms with Gasteiger partial charge in [0.2, 0.25) is 0 Å². The molecule has 15 heavy (non-hydrogen) atoms. The summed E-state index contributed by atoms with van der Waals surface area (Å²) in [6.45, 7) is 2.77. The van der Waals surface area contributed by atoms with Crippen LogP contribution < -0.4 is 0 Å². The van der Waals surface area contributed by atoms with Crippen molar-refractivity contribution in [2.45, 2.75) is 13.5 Å². The molecular weight excluding hydrogens is 188 g/mol. The summed E-state index contributed by atoms with van der Waals surface area (Å²) in [5, 5.41) is 0. The second-order valence-corrected chi connectivity index (χ2v) is 3.61. The zero-order chi connectivity index (χ0) is 10.7. The lowest BCUT2D eigenvalue weighted by Gasteiger charge is -2.03. The minimum atomic E-state index is 0.704. The lowest BCUT2D eigenvalue weighted by molar-refractivity contribution is 0.112. The number of aryl methyl sites for hydroxylation is 1. The number of nitrogens with zero attached hydrogens (tertiary/aromatic N) is 2. The maximum atomic E-state index is 10.5. The van der Waals surface area contributed by atoms with Gasteiger partial charge in [-0.15, -0.1) is 0 Å². The fraction of sp³-hybridized carbons (Fsp3) is 0.167. The highest BCUT2D eigenvalue weighted by Gasteiger charge is 1.97. The molecule has 0 atom stereocenters. The van der Waals surface area contributed by atoms with Gasteiger partial charge in [0.05, 0.1) is 0 Å². The van der Waals surface area contributed by atoms with Crippen LogP contribution in [0.2, 0.25) is 0 Å². The van der Waals surface area contributed by atoms with Crippen molar-refractivity contribution in [1.29, 1.82) is 0 Å². The Morgan fingerprint density at radius 1 is 1.47 bits per heavy atom. The summed E-state index contributed by atoms with van der Waals surface area (Å²) >= 11 is 0. The fourth-order valence-electron chi connectivity index (χ4n) is 1.54. The van der Waals surface area contributed by atoms with Crippen LogP contribution in [-0.4, -0.2) is 15.8 Å². The van der Waals surface area contributed by atoms with Gasteiger partial charge >= 0.3 is 0 Å². The van der Waals surface area contributed by atoms with Crippen LogP contribution in [-0.2, 0) is 6.54 Å². The van der Waals surface area contributed by atoms with Crippen LogP contribution >= 0.6 is 0 Å². The van der Waals surface area contributed by atoms with Crippen LogP contribution in [0.1, 0.15) is 21.5 Å². The molecule has 0 radical (unpaired) electrons. The first-order chi connectivity index (χ1) is 7.28. The molecule has 0 saturated carbocycles. The lowest BCUT2D eigenvalue weighted by atomic mass is 10.2. The topological polar surface area (TPSA) is 34.9 Å². The van der Waals surface area contributed by atoms with E-state index in [2.05, 4.69) is 11.1 Å². The third-order valence-corrected chi connectivity index (χ3v) is 2.21. The average molecular weight is 200 g/mol. The monoisotopic (exact) mass is 200 g/mol. The van der Waals surface area contributed by atoms with Crippen LogP contribution in [0.5, 0.6) is 0 Å². The van der Waals surface area contributed by atoms with E-state index in [4.69, 9.17) is 0 Å². The second kappa shape index (κ2) is 4.09. The van der Waals surface area contributed by atoms with Crippen molar-refractivity contribution in [3.8, 4) is 0 Å². The normalized spacial score (nSPS) is 10.2. The van der Waals surface area contributed by atoms with Gasteiger partial charge in [-0.2, -0.15) is 0 Å². The number of pyridine rings is 1. The highest BCUT2D eigenvalue weighted by Crippen LogP contribution is 2.05. The van der Waals surface area contributed by atoms with Gasteiger partial charge in [-0.25, -0.2) is 0 Å². The van der Waals surface area contributed by atoms with Crippen molar-refractivity contribution in [1.82, 2.24) is 9.55 Å². The Kier molecular flexibility index (Phi) is 2.63. The molecule has 0 unspecified atom stereocenters. The highest BCUT2D eigenvalue weighted by molar-refractivity contribution is 5.74. The number of hydrogen-bond donors (Lipinski definition) is 0. The maximum absolute atomic E-state index is 10.5. The number of carbonyl (C=O) groups is 1. The number of aromatic nitrogens is 2. The molecule has 2 aromatic rings. The van der Waals surface area contributed by atoms with Crippen molar-refractivity contribution in [3.05, 3.63) is 53.6 Å². The predicted octanol–water partition coefficient (Wildman–Crippen LogP) is 2.05. The van der Waals surface area contributed by atoms with Crippen LogP contribution in [0.4, 0.5) is 0 Å². The van der Waals surface area contributed by atoms with E-state index in [9.17, 15) is 4.79 Å². The molecule has 0 aliphatic heterocycles. The quantitative estimate of drug-likeness (QED) is 0.711. The number of aldehydes is 1.